The van der Waals surface area contributed by atoms with Crippen LogP contribution >= 0.6 is 12.4 Å². The smallest absolute Gasteiger partial charge is 0.170 e. The van der Waals surface area contributed by atoms with Crippen molar-refractivity contribution in [2.45, 2.75) is 32.3 Å². The minimum Gasteiger partial charge on any atom is -0.490 e. The van der Waals surface area contributed by atoms with Crippen molar-refractivity contribution >= 4 is 23.4 Å². The van der Waals surface area contributed by atoms with Gasteiger partial charge in [0.1, 0.15) is 11.9 Å². The average molecular weight is 283 g/mol. The molecule has 1 aliphatic heterocycles. The van der Waals surface area contributed by atoms with Crippen molar-refractivity contribution in [2.75, 3.05) is 13.1 Å². The van der Waals surface area contributed by atoms with E-state index in [-0.39, 0.29) is 12.4 Å². The average Bonchev–Trinajstić information content (AvgIpc) is 2.82. The third-order valence-corrected chi connectivity index (χ3v) is 3.44. The Hall–Kier alpha value is -1.26. The van der Waals surface area contributed by atoms with Gasteiger partial charge in [0.25, 0.3) is 0 Å². The Bertz CT molecular complexity index is 535. The van der Waals surface area contributed by atoms with E-state index in [1.807, 2.05) is 18.2 Å². The van der Waals surface area contributed by atoms with Crippen molar-refractivity contribution in [1.82, 2.24) is 10.5 Å². The SMILES string of the molecule is CCc1noc2cc(OC3CCNCC3)ccc12.Cl. The Morgan fingerprint density at radius 3 is 2.89 bits per heavy atom. The maximum Gasteiger partial charge on any atom is 0.170 e. The van der Waals surface area contributed by atoms with Crippen molar-refractivity contribution in [3.05, 3.63) is 23.9 Å². The molecule has 0 amide bonds. The molecule has 2 heterocycles. The van der Waals surface area contributed by atoms with Gasteiger partial charge in [0, 0.05) is 11.5 Å². The maximum atomic E-state index is 5.98. The molecule has 4 nitrogen and oxygen atoms in total. The number of ether oxygens (including phenoxy) is 1. The summed E-state index contributed by atoms with van der Waals surface area (Å²) in [5, 5.41) is 8.49. The molecule has 1 N–H and O–H groups in total. The highest BCUT2D eigenvalue weighted by atomic mass is 35.5. The summed E-state index contributed by atoms with van der Waals surface area (Å²) in [5.41, 5.74) is 1.83. The van der Waals surface area contributed by atoms with Gasteiger partial charge in [-0.2, -0.15) is 0 Å². The van der Waals surface area contributed by atoms with Crippen LogP contribution in [-0.2, 0) is 6.42 Å². The monoisotopic (exact) mass is 282 g/mol. The number of benzene rings is 1. The number of hydrogen-bond donors (Lipinski definition) is 1. The summed E-state index contributed by atoms with van der Waals surface area (Å²) in [6.45, 7) is 4.15. The van der Waals surface area contributed by atoms with E-state index in [2.05, 4.69) is 17.4 Å². The second-order valence-corrected chi connectivity index (χ2v) is 4.71. The molecule has 0 spiro atoms. The molecule has 0 aliphatic carbocycles. The zero-order chi connectivity index (χ0) is 12.4. The molecule has 19 heavy (non-hydrogen) atoms. The van der Waals surface area contributed by atoms with Crippen molar-refractivity contribution in [1.29, 1.82) is 0 Å². The molecule has 0 atom stereocenters. The van der Waals surface area contributed by atoms with E-state index in [4.69, 9.17) is 9.26 Å². The van der Waals surface area contributed by atoms with Crippen LogP contribution in [0, 0.1) is 0 Å². The van der Waals surface area contributed by atoms with Gasteiger partial charge in [0.2, 0.25) is 0 Å². The molecule has 0 unspecified atom stereocenters. The molecule has 1 aromatic carbocycles. The van der Waals surface area contributed by atoms with Gasteiger partial charge in [-0.05, 0) is 44.5 Å². The lowest BCUT2D eigenvalue weighted by atomic mass is 10.1. The summed E-state index contributed by atoms with van der Waals surface area (Å²) < 4.78 is 11.3. The number of nitrogens with one attached hydrogen (secondary N) is 1. The molecule has 0 radical (unpaired) electrons. The fourth-order valence-corrected chi connectivity index (χ4v) is 2.40. The third kappa shape index (κ3) is 3.01. The van der Waals surface area contributed by atoms with Crippen molar-refractivity contribution in [3.63, 3.8) is 0 Å². The Balaban J connectivity index is 0.00000133. The fourth-order valence-electron chi connectivity index (χ4n) is 2.40. The van der Waals surface area contributed by atoms with Gasteiger partial charge in [-0.3, -0.25) is 0 Å². The number of rotatable bonds is 3. The van der Waals surface area contributed by atoms with Crippen LogP contribution in [0.15, 0.2) is 22.7 Å². The van der Waals surface area contributed by atoms with Gasteiger partial charge in [0.15, 0.2) is 5.58 Å². The predicted octanol–water partition coefficient (Wildman–Crippen LogP) is 2.94. The van der Waals surface area contributed by atoms with E-state index in [9.17, 15) is 0 Å². The zero-order valence-corrected chi connectivity index (χ0v) is 11.8. The third-order valence-electron chi connectivity index (χ3n) is 3.44. The van der Waals surface area contributed by atoms with Crippen LogP contribution < -0.4 is 10.1 Å². The highest BCUT2D eigenvalue weighted by Crippen LogP contribution is 2.25. The van der Waals surface area contributed by atoms with Crippen LogP contribution in [0.25, 0.3) is 11.0 Å². The molecule has 2 aromatic rings. The lowest BCUT2D eigenvalue weighted by molar-refractivity contribution is 0.162. The van der Waals surface area contributed by atoms with E-state index in [0.29, 0.717) is 6.10 Å². The van der Waals surface area contributed by atoms with Crippen molar-refractivity contribution in [2.24, 2.45) is 0 Å². The topological polar surface area (TPSA) is 47.3 Å². The Kier molecular flexibility index (Phi) is 4.66. The number of piperidine rings is 1. The molecule has 0 bridgehead atoms. The molecule has 1 aromatic heterocycles. The van der Waals surface area contributed by atoms with E-state index in [1.54, 1.807) is 0 Å². The molecule has 104 valence electrons. The minimum atomic E-state index is 0. The van der Waals surface area contributed by atoms with Crippen LogP contribution in [0.3, 0.4) is 0 Å². The van der Waals surface area contributed by atoms with Gasteiger partial charge < -0.3 is 14.6 Å². The van der Waals surface area contributed by atoms with E-state index < -0.39 is 0 Å². The number of halogens is 1. The standard InChI is InChI=1S/C14H18N2O2.ClH/c1-2-13-12-4-3-11(9-14(12)18-16-13)17-10-5-7-15-8-6-10;/h3-4,9-10,15H,2,5-8H2,1H3;1H. The number of fused-ring (bicyclic) bond motifs is 1. The van der Waals surface area contributed by atoms with Gasteiger partial charge >= 0.3 is 0 Å². The summed E-state index contributed by atoms with van der Waals surface area (Å²) in [5.74, 6) is 0.883. The van der Waals surface area contributed by atoms with E-state index in [0.717, 1.165) is 54.8 Å². The molecular weight excluding hydrogens is 264 g/mol. The molecule has 5 heteroatoms. The summed E-state index contributed by atoms with van der Waals surface area (Å²) in [6, 6.07) is 6.01. The van der Waals surface area contributed by atoms with Crippen LogP contribution in [0.2, 0.25) is 0 Å². The number of hydrogen-bond acceptors (Lipinski definition) is 4. The second kappa shape index (κ2) is 6.26. The molecule has 0 saturated carbocycles. The lowest BCUT2D eigenvalue weighted by Gasteiger charge is -2.23. The van der Waals surface area contributed by atoms with Gasteiger partial charge in [0.05, 0.1) is 5.69 Å². The molecular formula is C14H19ClN2O2. The van der Waals surface area contributed by atoms with Crippen LogP contribution in [0.4, 0.5) is 0 Å². The number of aromatic nitrogens is 1. The van der Waals surface area contributed by atoms with Crippen molar-refractivity contribution < 1.29 is 9.26 Å². The van der Waals surface area contributed by atoms with Gasteiger partial charge in [-0.15, -0.1) is 12.4 Å². The second-order valence-electron chi connectivity index (χ2n) is 4.71. The van der Waals surface area contributed by atoms with Crippen molar-refractivity contribution in [3.8, 4) is 5.75 Å². The van der Waals surface area contributed by atoms with E-state index >= 15 is 0 Å². The minimum absolute atomic E-state index is 0. The largest absolute Gasteiger partial charge is 0.490 e. The Morgan fingerprint density at radius 1 is 1.37 bits per heavy atom. The summed E-state index contributed by atoms with van der Waals surface area (Å²) >= 11 is 0. The van der Waals surface area contributed by atoms with Crippen LogP contribution in [-0.4, -0.2) is 24.4 Å². The highest BCUT2D eigenvalue weighted by Gasteiger charge is 2.15. The number of aryl methyl sites for hydroxylation is 1. The first-order valence-corrected chi connectivity index (χ1v) is 6.62. The fraction of sp³-hybridized carbons (Fsp3) is 0.500. The van der Waals surface area contributed by atoms with Crippen LogP contribution in [0.1, 0.15) is 25.5 Å². The first-order valence-electron chi connectivity index (χ1n) is 6.62. The molecule has 1 fully saturated rings. The Labute approximate surface area is 118 Å². The molecule has 1 aliphatic rings. The summed E-state index contributed by atoms with van der Waals surface area (Å²) in [6.07, 6.45) is 3.34. The van der Waals surface area contributed by atoms with Crippen LogP contribution in [0.5, 0.6) is 5.75 Å². The quantitative estimate of drug-likeness (QED) is 0.940. The van der Waals surface area contributed by atoms with Gasteiger partial charge in [-0.1, -0.05) is 12.1 Å². The lowest BCUT2D eigenvalue weighted by Crippen LogP contribution is -2.34. The Morgan fingerprint density at radius 2 is 2.16 bits per heavy atom. The number of nitrogens with zero attached hydrogens (tertiary/aromatic N) is 1. The first-order chi connectivity index (χ1) is 8.86. The highest BCUT2D eigenvalue weighted by molar-refractivity contribution is 5.85. The normalized spacial score (nSPS) is 16.3. The first kappa shape index (κ1) is 14.2. The molecule has 3 rings (SSSR count). The maximum absolute atomic E-state index is 5.98. The van der Waals surface area contributed by atoms with E-state index in [1.165, 1.54) is 0 Å². The summed E-state index contributed by atoms with van der Waals surface area (Å²) in [7, 11) is 0. The predicted molar refractivity (Wildman–Crippen MR) is 77.2 cm³/mol. The zero-order valence-electron chi connectivity index (χ0n) is 11.0. The van der Waals surface area contributed by atoms with Gasteiger partial charge in [-0.25, -0.2) is 0 Å². The molecule has 1 saturated heterocycles. The summed E-state index contributed by atoms with van der Waals surface area (Å²) in [4.78, 5) is 0.